The Hall–Kier alpha value is -2.37. The number of hydrogen-bond acceptors (Lipinski definition) is 5. The molecule has 2 rings (SSSR count). The quantitative estimate of drug-likeness (QED) is 0.542. The second-order valence-electron chi connectivity index (χ2n) is 6.45. The molecule has 0 spiro atoms. The highest BCUT2D eigenvalue weighted by Gasteiger charge is 2.23. The van der Waals surface area contributed by atoms with E-state index >= 15 is 0 Å². The molecule has 1 atom stereocenters. The molecule has 0 unspecified atom stereocenters. The maximum absolute atomic E-state index is 12.3. The first-order valence-electron chi connectivity index (χ1n) is 8.88. The Kier molecular flexibility index (Phi) is 7.39. The molecule has 146 valence electrons. The minimum absolute atomic E-state index is 0.0379. The lowest BCUT2D eigenvalue weighted by Crippen LogP contribution is -2.42. The molecule has 1 aromatic rings. The SMILES string of the molecule is C#CCNS(=O)(=O)c1cccc(C(=O)O[C@H](C)C(=O)NC2CCCCC2)c1. The monoisotopic (exact) mass is 392 g/mol. The zero-order valence-electron chi connectivity index (χ0n) is 15.2. The van der Waals surface area contributed by atoms with Crippen LogP contribution in [0.3, 0.4) is 0 Å². The summed E-state index contributed by atoms with van der Waals surface area (Å²) in [6.45, 7) is 1.33. The topological polar surface area (TPSA) is 102 Å². The Bertz CT molecular complexity index is 823. The fourth-order valence-electron chi connectivity index (χ4n) is 2.86. The molecular weight excluding hydrogens is 368 g/mol. The smallest absolute Gasteiger partial charge is 0.338 e. The first-order chi connectivity index (χ1) is 12.8. The second-order valence-corrected chi connectivity index (χ2v) is 8.21. The Morgan fingerprint density at radius 1 is 1.30 bits per heavy atom. The third-order valence-electron chi connectivity index (χ3n) is 4.35. The summed E-state index contributed by atoms with van der Waals surface area (Å²) in [6, 6.07) is 5.49. The second kappa shape index (κ2) is 9.53. The highest BCUT2D eigenvalue weighted by molar-refractivity contribution is 7.89. The minimum Gasteiger partial charge on any atom is -0.449 e. The standard InChI is InChI=1S/C19H24N2O5S/c1-3-12-20-27(24,25)17-11-7-8-15(13-17)19(23)26-14(2)18(22)21-16-9-5-4-6-10-16/h1,7-8,11,13-14,16,20H,4-6,9-10,12H2,2H3,(H,21,22)/t14-/m1/s1. The molecular formula is C19H24N2O5S. The molecule has 8 heteroatoms. The molecule has 27 heavy (non-hydrogen) atoms. The van der Waals surface area contributed by atoms with E-state index in [-0.39, 0.29) is 29.0 Å². The van der Waals surface area contributed by atoms with Gasteiger partial charge in [0.2, 0.25) is 10.0 Å². The van der Waals surface area contributed by atoms with Crippen molar-refractivity contribution in [3.05, 3.63) is 29.8 Å². The van der Waals surface area contributed by atoms with Gasteiger partial charge in [-0.1, -0.05) is 31.2 Å². The van der Waals surface area contributed by atoms with Gasteiger partial charge >= 0.3 is 5.97 Å². The van der Waals surface area contributed by atoms with Crippen LogP contribution in [0.5, 0.6) is 0 Å². The minimum atomic E-state index is -3.82. The van der Waals surface area contributed by atoms with Crippen molar-refractivity contribution >= 4 is 21.9 Å². The third-order valence-corrected chi connectivity index (χ3v) is 5.75. The lowest BCUT2D eigenvalue weighted by molar-refractivity contribution is -0.130. The van der Waals surface area contributed by atoms with Crippen LogP contribution >= 0.6 is 0 Å². The number of hydrogen-bond donors (Lipinski definition) is 2. The number of nitrogens with one attached hydrogen (secondary N) is 2. The van der Waals surface area contributed by atoms with Gasteiger partial charge in [-0.3, -0.25) is 4.79 Å². The molecule has 1 aliphatic rings. The highest BCUT2D eigenvalue weighted by atomic mass is 32.2. The van der Waals surface area contributed by atoms with Gasteiger partial charge in [-0.05, 0) is 38.0 Å². The normalized spacial score (nSPS) is 16.1. The molecule has 0 aromatic heterocycles. The molecule has 1 saturated carbocycles. The summed E-state index contributed by atoms with van der Waals surface area (Å²) in [5.74, 6) is 1.06. The van der Waals surface area contributed by atoms with E-state index in [1.165, 1.54) is 37.6 Å². The largest absolute Gasteiger partial charge is 0.449 e. The number of sulfonamides is 1. The Labute approximate surface area is 159 Å². The summed E-state index contributed by atoms with van der Waals surface area (Å²) in [5.41, 5.74) is 0.0379. The maximum atomic E-state index is 12.3. The molecule has 0 aliphatic heterocycles. The Balaban J connectivity index is 1.99. The molecule has 2 N–H and O–H groups in total. The zero-order chi connectivity index (χ0) is 19.9. The maximum Gasteiger partial charge on any atom is 0.338 e. The van der Waals surface area contributed by atoms with Crippen molar-refractivity contribution in [1.29, 1.82) is 0 Å². The lowest BCUT2D eigenvalue weighted by atomic mass is 9.95. The van der Waals surface area contributed by atoms with Crippen molar-refractivity contribution in [2.45, 2.75) is 56.1 Å². The summed E-state index contributed by atoms with van der Waals surface area (Å²) < 4.78 is 31.6. The van der Waals surface area contributed by atoms with Gasteiger partial charge in [-0.2, -0.15) is 4.72 Å². The summed E-state index contributed by atoms with van der Waals surface area (Å²) in [4.78, 5) is 24.4. The van der Waals surface area contributed by atoms with Crippen LogP contribution in [0.2, 0.25) is 0 Å². The van der Waals surface area contributed by atoms with Crippen LogP contribution in [-0.2, 0) is 19.6 Å². The van der Waals surface area contributed by atoms with E-state index in [1.807, 2.05) is 0 Å². The fraction of sp³-hybridized carbons (Fsp3) is 0.474. The number of terminal acetylenes is 1. The summed E-state index contributed by atoms with van der Waals surface area (Å²) in [6.07, 6.45) is 9.26. The van der Waals surface area contributed by atoms with Gasteiger partial charge in [0.05, 0.1) is 17.0 Å². The van der Waals surface area contributed by atoms with Gasteiger partial charge < -0.3 is 10.1 Å². The van der Waals surface area contributed by atoms with Crippen molar-refractivity contribution in [2.24, 2.45) is 0 Å². The van der Waals surface area contributed by atoms with E-state index in [0.29, 0.717) is 0 Å². The summed E-state index contributed by atoms with van der Waals surface area (Å²) >= 11 is 0. The van der Waals surface area contributed by atoms with E-state index in [0.717, 1.165) is 25.7 Å². The van der Waals surface area contributed by atoms with E-state index < -0.39 is 22.1 Å². The van der Waals surface area contributed by atoms with E-state index in [1.54, 1.807) is 0 Å². The van der Waals surface area contributed by atoms with Crippen molar-refractivity contribution in [1.82, 2.24) is 10.0 Å². The molecule has 1 fully saturated rings. The van der Waals surface area contributed by atoms with Gasteiger partial charge in [0.1, 0.15) is 0 Å². The lowest BCUT2D eigenvalue weighted by Gasteiger charge is -2.24. The van der Waals surface area contributed by atoms with Crippen molar-refractivity contribution < 1.29 is 22.7 Å². The third kappa shape index (κ3) is 6.08. The average molecular weight is 392 g/mol. The van der Waals surface area contributed by atoms with Crippen LogP contribution in [0.25, 0.3) is 0 Å². The van der Waals surface area contributed by atoms with Crippen LogP contribution in [0, 0.1) is 12.3 Å². The predicted molar refractivity (Wildman–Crippen MR) is 100 cm³/mol. The molecule has 0 saturated heterocycles. The van der Waals surface area contributed by atoms with Gasteiger partial charge in [-0.25, -0.2) is 13.2 Å². The fourth-order valence-corrected chi connectivity index (χ4v) is 3.84. The van der Waals surface area contributed by atoms with Gasteiger partial charge in [0.15, 0.2) is 6.10 Å². The van der Waals surface area contributed by atoms with Gasteiger partial charge in [-0.15, -0.1) is 6.42 Å². The average Bonchev–Trinajstić information content (AvgIpc) is 2.67. The number of carbonyl (C=O) groups excluding carboxylic acids is 2. The molecule has 0 bridgehead atoms. The van der Waals surface area contributed by atoms with Crippen molar-refractivity contribution in [3.63, 3.8) is 0 Å². The predicted octanol–water partition coefficient (Wildman–Crippen LogP) is 1.59. The number of benzene rings is 1. The van der Waals surface area contributed by atoms with Crippen LogP contribution in [0.4, 0.5) is 0 Å². The number of esters is 1. The molecule has 0 heterocycles. The van der Waals surface area contributed by atoms with E-state index in [4.69, 9.17) is 11.2 Å². The molecule has 1 amide bonds. The summed E-state index contributed by atoms with van der Waals surface area (Å²) in [5, 5.41) is 2.89. The van der Waals surface area contributed by atoms with Crippen LogP contribution in [0.15, 0.2) is 29.2 Å². The number of ether oxygens (including phenoxy) is 1. The zero-order valence-corrected chi connectivity index (χ0v) is 16.1. The molecule has 1 aromatic carbocycles. The van der Waals surface area contributed by atoms with Crippen LogP contribution in [0.1, 0.15) is 49.4 Å². The Morgan fingerprint density at radius 3 is 2.67 bits per heavy atom. The number of rotatable bonds is 7. The first kappa shape index (κ1) is 20.9. The molecule has 1 aliphatic carbocycles. The van der Waals surface area contributed by atoms with Crippen LogP contribution in [-0.4, -0.2) is 39.0 Å². The van der Waals surface area contributed by atoms with E-state index in [9.17, 15) is 18.0 Å². The Morgan fingerprint density at radius 2 is 2.00 bits per heavy atom. The number of amides is 1. The molecule has 7 nitrogen and oxygen atoms in total. The van der Waals surface area contributed by atoms with Gasteiger partial charge in [0, 0.05) is 6.04 Å². The van der Waals surface area contributed by atoms with Gasteiger partial charge in [0.25, 0.3) is 5.91 Å². The van der Waals surface area contributed by atoms with Crippen molar-refractivity contribution in [2.75, 3.05) is 6.54 Å². The summed E-state index contributed by atoms with van der Waals surface area (Å²) in [7, 11) is -3.82. The first-order valence-corrected chi connectivity index (χ1v) is 10.4. The van der Waals surface area contributed by atoms with Crippen molar-refractivity contribution in [3.8, 4) is 12.3 Å². The van der Waals surface area contributed by atoms with Crippen LogP contribution < -0.4 is 10.0 Å². The molecule has 0 radical (unpaired) electrons. The number of carbonyl (C=O) groups is 2. The highest BCUT2D eigenvalue weighted by Crippen LogP contribution is 2.18. The van der Waals surface area contributed by atoms with E-state index in [2.05, 4.69) is 16.0 Å².